The van der Waals surface area contributed by atoms with Crippen molar-refractivity contribution >= 4 is 28.9 Å². The van der Waals surface area contributed by atoms with E-state index in [4.69, 9.17) is 23.2 Å². The lowest BCUT2D eigenvalue weighted by molar-refractivity contribution is 0.750. The molecule has 3 rings (SSSR count). The normalized spacial score (nSPS) is 18.0. The fourth-order valence-electron chi connectivity index (χ4n) is 2.12. The van der Waals surface area contributed by atoms with E-state index in [1.54, 1.807) is 6.20 Å². The number of pyridine rings is 1. The van der Waals surface area contributed by atoms with Gasteiger partial charge in [-0.25, -0.2) is 0 Å². The second-order valence-electron chi connectivity index (χ2n) is 4.32. The molecular weight excluding hydrogens is 281 g/mol. The molecule has 0 saturated carbocycles. The lowest BCUT2D eigenvalue weighted by Gasteiger charge is -2.11. The number of hydrogen-bond donors (Lipinski definition) is 1. The zero-order valence-corrected chi connectivity index (χ0v) is 11.5. The first kappa shape index (κ1) is 12.5. The van der Waals surface area contributed by atoms with E-state index in [0.717, 1.165) is 28.5 Å². The summed E-state index contributed by atoms with van der Waals surface area (Å²) in [6.45, 7) is 0.743. The lowest BCUT2D eigenvalue weighted by atomic mass is 9.94. The summed E-state index contributed by atoms with van der Waals surface area (Å²) in [7, 11) is 0. The Morgan fingerprint density at radius 1 is 1.00 bits per heavy atom. The molecule has 1 atom stereocenters. The Labute approximate surface area is 121 Å². The van der Waals surface area contributed by atoms with Gasteiger partial charge < -0.3 is 5.43 Å². The number of aromatic nitrogens is 1. The summed E-state index contributed by atoms with van der Waals surface area (Å²) < 4.78 is 0. The fourth-order valence-corrected chi connectivity index (χ4v) is 2.36. The van der Waals surface area contributed by atoms with Crippen molar-refractivity contribution in [3.05, 3.63) is 63.9 Å². The van der Waals surface area contributed by atoms with Crippen molar-refractivity contribution in [2.75, 3.05) is 6.54 Å². The Bertz CT molecular complexity index is 606. The highest BCUT2D eigenvalue weighted by Gasteiger charge is 2.25. The molecule has 0 radical (unpaired) electrons. The maximum atomic E-state index is 5.91. The number of hydrazone groups is 1. The number of nitrogens with one attached hydrogen (secondary N) is 1. The maximum absolute atomic E-state index is 5.91. The molecule has 0 spiro atoms. The zero-order chi connectivity index (χ0) is 13.2. The van der Waals surface area contributed by atoms with Gasteiger partial charge in [-0.3, -0.25) is 4.98 Å². The van der Waals surface area contributed by atoms with E-state index in [1.807, 2.05) is 36.4 Å². The van der Waals surface area contributed by atoms with Gasteiger partial charge in [-0.1, -0.05) is 35.3 Å². The van der Waals surface area contributed by atoms with Crippen molar-refractivity contribution in [2.24, 2.45) is 5.10 Å². The molecule has 96 valence electrons. The highest BCUT2D eigenvalue weighted by atomic mass is 35.5. The van der Waals surface area contributed by atoms with Gasteiger partial charge in [0.25, 0.3) is 0 Å². The monoisotopic (exact) mass is 291 g/mol. The molecule has 1 aromatic carbocycles. The second-order valence-corrected chi connectivity index (χ2v) is 5.19. The molecule has 1 N–H and O–H groups in total. The van der Waals surface area contributed by atoms with Crippen LogP contribution in [0.2, 0.25) is 10.0 Å². The Hall–Kier alpha value is -1.58. The molecule has 2 heterocycles. The predicted molar refractivity (Wildman–Crippen MR) is 78.0 cm³/mol. The third-order valence-corrected chi connectivity index (χ3v) is 3.55. The fraction of sp³-hybridized carbons (Fsp3) is 0.143. The topological polar surface area (TPSA) is 37.3 Å². The summed E-state index contributed by atoms with van der Waals surface area (Å²) >= 11 is 11.8. The molecule has 1 unspecified atom stereocenters. The molecule has 1 aliphatic rings. The van der Waals surface area contributed by atoms with Gasteiger partial charge in [-0.05, 0) is 29.8 Å². The summed E-state index contributed by atoms with van der Waals surface area (Å²) in [6.07, 6.45) is 1.66. The van der Waals surface area contributed by atoms with Crippen molar-refractivity contribution in [3.63, 3.8) is 0 Å². The van der Waals surface area contributed by atoms with E-state index in [1.165, 1.54) is 0 Å². The smallest absolute Gasteiger partial charge is 0.0784 e. The van der Waals surface area contributed by atoms with Gasteiger partial charge in [-0.15, -0.1) is 0 Å². The SMILES string of the molecule is Clc1ccc(C2=NNCC2c2ccc(Cl)cn2)cc1. The van der Waals surface area contributed by atoms with Gasteiger partial charge in [0, 0.05) is 17.8 Å². The number of nitrogens with zero attached hydrogens (tertiary/aromatic N) is 2. The Kier molecular flexibility index (Phi) is 3.40. The molecule has 1 aliphatic heterocycles. The molecule has 19 heavy (non-hydrogen) atoms. The average Bonchev–Trinajstić information content (AvgIpc) is 2.90. The number of hydrogen-bond acceptors (Lipinski definition) is 3. The molecule has 1 aromatic heterocycles. The number of halogens is 2. The summed E-state index contributed by atoms with van der Waals surface area (Å²) in [6, 6.07) is 11.5. The second kappa shape index (κ2) is 5.19. The van der Waals surface area contributed by atoms with Crippen LogP contribution in [0, 0.1) is 0 Å². The van der Waals surface area contributed by atoms with E-state index in [0.29, 0.717) is 5.02 Å². The van der Waals surface area contributed by atoms with Gasteiger partial charge in [0.05, 0.1) is 22.3 Å². The average molecular weight is 292 g/mol. The maximum Gasteiger partial charge on any atom is 0.0784 e. The highest BCUT2D eigenvalue weighted by molar-refractivity contribution is 6.30. The first-order valence-electron chi connectivity index (χ1n) is 5.92. The van der Waals surface area contributed by atoms with Crippen LogP contribution >= 0.6 is 23.2 Å². The van der Waals surface area contributed by atoms with E-state index >= 15 is 0 Å². The molecule has 2 aromatic rings. The molecule has 0 aliphatic carbocycles. The first-order valence-corrected chi connectivity index (χ1v) is 6.67. The van der Waals surface area contributed by atoms with E-state index in [2.05, 4.69) is 15.5 Å². The quantitative estimate of drug-likeness (QED) is 0.920. The van der Waals surface area contributed by atoms with Crippen LogP contribution in [-0.4, -0.2) is 17.2 Å². The third-order valence-electron chi connectivity index (χ3n) is 3.07. The first-order chi connectivity index (χ1) is 9.24. The van der Waals surface area contributed by atoms with Crippen LogP contribution in [0.3, 0.4) is 0 Å². The number of benzene rings is 1. The Morgan fingerprint density at radius 3 is 2.42 bits per heavy atom. The summed E-state index contributed by atoms with van der Waals surface area (Å²) in [5, 5.41) is 5.72. The molecule has 0 bridgehead atoms. The molecular formula is C14H11Cl2N3. The Balaban J connectivity index is 1.93. The van der Waals surface area contributed by atoms with Crippen LogP contribution in [0.1, 0.15) is 17.2 Å². The van der Waals surface area contributed by atoms with Gasteiger partial charge in [0.15, 0.2) is 0 Å². The van der Waals surface area contributed by atoms with Gasteiger partial charge >= 0.3 is 0 Å². The zero-order valence-electron chi connectivity index (χ0n) is 9.98. The van der Waals surface area contributed by atoms with Crippen LogP contribution < -0.4 is 5.43 Å². The molecule has 0 amide bonds. The van der Waals surface area contributed by atoms with Crippen molar-refractivity contribution < 1.29 is 0 Å². The Morgan fingerprint density at radius 2 is 1.74 bits per heavy atom. The van der Waals surface area contributed by atoms with Crippen molar-refractivity contribution in [2.45, 2.75) is 5.92 Å². The van der Waals surface area contributed by atoms with Crippen molar-refractivity contribution in [1.29, 1.82) is 0 Å². The molecule has 3 nitrogen and oxygen atoms in total. The predicted octanol–water partition coefficient (Wildman–Crippen LogP) is 3.48. The van der Waals surface area contributed by atoms with Crippen molar-refractivity contribution in [1.82, 2.24) is 10.4 Å². The van der Waals surface area contributed by atoms with Gasteiger partial charge in [0.1, 0.15) is 0 Å². The van der Waals surface area contributed by atoms with Crippen LogP contribution in [0.15, 0.2) is 47.7 Å². The molecule has 5 heteroatoms. The van der Waals surface area contributed by atoms with Crippen molar-refractivity contribution in [3.8, 4) is 0 Å². The van der Waals surface area contributed by atoms with Crippen LogP contribution in [-0.2, 0) is 0 Å². The van der Waals surface area contributed by atoms with Gasteiger partial charge in [0.2, 0.25) is 0 Å². The van der Waals surface area contributed by atoms with Gasteiger partial charge in [-0.2, -0.15) is 5.10 Å². The standard InChI is InChI=1S/C14H11Cl2N3/c15-10-3-1-9(2-4-10)14-12(8-18-19-14)13-6-5-11(16)7-17-13/h1-7,12,18H,8H2. The highest BCUT2D eigenvalue weighted by Crippen LogP contribution is 2.24. The van der Waals surface area contributed by atoms with Crippen LogP contribution in [0.5, 0.6) is 0 Å². The molecule has 0 saturated heterocycles. The third kappa shape index (κ3) is 2.57. The molecule has 0 fully saturated rings. The minimum absolute atomic E-state index is 0.137. The summed E-state index contributed by atoms with van der Waals surface area (Å²) in [5.74, 6) is 0.137. The number of rotatable bonds is 2. The minimum atomic E-state index is 0.137. The van der Waals surface area contributed by atoms with E-state index in [-0.39, 0.29) is 5.92 Å². The van der Waals surface area contributed by atoms with E-state index in [9.17, 15) is 0 Å². The van der Waals surface area contributed by atoms with E-state index < -0.39 is 0 Å². The summed E-state index contributed by atoms with van der Waals surface area (Å²) in [5.41, 5.74) is 6.02. The minimum Gasteiger partial charge on any atom is -0.309 e. The van der Waals surface area contributed by atoms with Crippen LogP contribution in [0.4, 0.5) is 0 Å². The lowest BCUT2D eigenvalue weighted by Crippen LogP contribution is -2.15. The summed E-state index contributed by atoms with van der Waals surface area (Å²) in [4.78, 5) is 4.37. The van der Waals surface area contributed by atoms with Crippen LogP contribution in [0.25, 0.3) is 0 Å². The largest absolute Gasteiger partial charge is 0.309 e.